The van der Waals surface area contributed by atoms with E-state index in [9.17, 15) is 35.9 Å². The molecule has 0 aliphatic carbocycles. The highest BCUT2D eigenvalue weighted by molar-refractivity contribution is 7.92. The minimum atomic E-state index is -5.08. The highest BCUT2D eigenvalue weighted by Gasteiger charge is 2.38. The molecule has 0 unspecified atom stereocenters. The first-order chi connectivity index (χ1) is 18.8. The first-order valence-electron chi connectivity index (χ1n) is 11.7. The van der Waals surface area contributed by atoms with Gasteiger partial charge in [-0.3, -0.25) is 9.62 Å². The Labute approximate surface area is 227 Å². The van der Waals surface area contributed by atoms with Crippen LogP contribution >= 0.6 is 0 Å². The lowest BCUT2D eigenvalue weighted by atomic mass is 10.1. The van der Waals surface area contributed by atoms with Crippen LogP contribution in [0.1, 0.15) is 15.9 Å². The molecule has 0 spiro atoms. The molecule has 3 aromatic carbocycles. The molecule has 1 fully saturated rings. The van der Waals surface area contributed by atoms with Gasteiger partial charge in [0.05, 0.1) is 21.8 Å². The maximum Gasteiger partial charge on any atom is 0.490 e. The van der Waals surface area contributed by atoms with Crippen molar-refractivity contribution in [2.75, 3.05) is 35.8 Å². The monoisotopic (exact) mass is 583 g/mol. The number of aromatic carboxylic acids is 1. The van der Waals surface area contributed by atoms with Crippen molar-refractivity contribution in [1.29, 1.82) is 0 Å². The zero-order valence-electron chi connectivity index (χ0n) is 20.8. The molecule has 0 saturated carbocycles. The molecule has 0 aromatic heterocycles. The predicted octanol–water partition coefficient (Wildman–Crippen LogP) is 4.28. The van der Waals surface area contributed by atoms with Gasteiger partial charge in [0.2, 0.25) is 0 Å². The number of alkyl halides is 3. The molecule has 214 valence electrons. The van der Waals surface area contributed by atoms with Crippen molar-refractivity contribution < 1.29 is 45.8 Å². The largest absolute Gasteiger partial charge is 0.490 e. The summed E-state index contributed by atoms with van der Waals surface area (Å²) < 4.78 is 73.5. The summed E-state index contributed by atoms with van der Waals surface area (Å²) in [5.41, 5.74) is 1.72. The van der Waals surface area contributed by atoms with E-state index in [0.29, 0.717) is 38.4 Å². The molecule has 1 aliphatic rings. The Balaban J connectivity index is 0.000000559. The van der Waals surface area contributed by atoms with Crippen molar-refractivity contribution in [3.05, 3.63) is 89.7 Å². The minimum Gasteiger partial charge on any atom is -0.478 e. The summed E-state index contributed by atoms with van der Waals surface area (Å²) in [6.07, 6.45) is -5.08. The van der Waals surface area contributed by atoms with Crippen LogP contribution in [0.5, 0.6) is 0 Å². The van der Waals surface area contributed by atoms with Crippen LogP contribution in [0.4, 0.5) is 28.9 Å². The van der Waals surface area contributed by atoms with Gasteiger partial charge in [-0.05, 0) is 48.0 Å². The fourth-order valence-electron chi connectivity index (χ4n) is 3.87. The number of piperazine rings is 1. The zero-order valence-corrected chi connectivity index (χ0v) is 21.6. The molecular formula is C26H25F4N3O6S. The average Bonchev–Trinajstić information content (AvgIpc) is 2.89. The fraction of sp³-hybridized carbons (Fsp3) is 0.231. The van der Waals surface area contributed by atoms with E-state index in [-0.39, 0.29) is 22.0 Å². The number of halogens is 4. The molecule has 9 nitrogen and oxygen atoms in total. The van der Waals surface area contributed by atoms with Crippen molar-refractivity contribution in [1.82, 2.24) is 4.90 Å². The molecule has 0 radical (unpaired) electrons. The van der Waals surface area contributed by atoms with E-state index >= 15 is 0 Å². The Bertz CT molecular complexity index is 1440. The van der Waals surface area contributed by atoms with Crippen molar-refractivity contribution in [3.8, 4) is 0 Å². The summed E-state index contributed by atoms with van der Waals surface area (Å²) in [7, 11) is -3.89. The highest BCUT2D eigenvalue weighted by Crippen LogP contribution is 2.31. The van der Waals surface area contributed by atoms with E-state index in [4.69, 9.17) is 9.90 Å². The number of hydrogen-bond acceptors (Lipinski definition) is 6. The van der Waals surface area contributed by atoms with Crippen molar-refractivity contribution in [2.24, 2.45) is 0 Å². The number of benzene rings is 3. The van der Waals surface area contributed by atoms with Gasteiger partial charge in [0.1, 0.15) is 5.82 Å². The van der Waals surface area contributed by atoms with Gasteiger partial charge in [0, 0.05) is 32.7 Å². The summed E-state index contributed by atoms with van der Waals surface area (Å²) in [6.45, 7) is 3.24. The van der Waals surface area contributed by atoms with Gasteiger partial charge >= 0.3 is 18.1 Å². The number of nitrogens with zero attached hydrogens (tertiary/aromatic N) is 2. The van der Waals surface area contributed by atoms with Crippen molar-refractivity contribution >= 4 is 33.3 Å². The Morgan fingerprint density at radius 3 is 2.05 bits per heavy atom. The van der Waals surface area contributed by atoms with Gasteiger partial charge in [-0.25, -0.2) is 22.4 Å². The first kappa shape index (κ1) is 30.4. The Hall–Kier alpha value is -4.17. The number of carboxylic acid groups (broad SMARTS) is 2. The second-order valence-corrected chi connectivity index (χ2v) is 10.3. The molecule has 0 atom stereocenters. The molecule has 0 amide bonds. The summed E-state index contributed by atoms with van der Waals surface area (Å²) in [5.74, 6) is -4.16. The smallest absolute Gasteiger partial charge is 0.478 e. The lowest BCUT2D eigenvalue weighted by Gasteiger charge is -2.37. The number of aliphatic carboxylic acids is 1. The molecule has 1 saturated heterocycles. The quantitative estimate of drug-likeness (QED) is 0.352. The summed E-state index contributed by atoms with van der Waals surface area (Å²) >= 11 is 0. The van der Waals surface area contributed by atoms with Crippen LogP contribution < -0.4 is 9.62 Å². The summed E-state index contributed by atoms with van der Waals surface area (Å²) in [4.78, 5) is 24.7. The third kappa shape index (κ3) is 8.41. The Morgan fingerprint density at radius 2 is 1.50 bits per heavy atom. The zero-order chi connectivity index (χ0) is 29.5. The maximum absolute atomic E-state index is 13.5. The molecule has 3 aromatic rings. The van der Waals surface area contributed by atoms with Crippen LogP contribution in [0.3, 0.4) is 0 Å². The van der Waals surface area contributed by atoms with Crippen LogP contribution in [-0.2, 0) is 21.4 Å². The number of hydrogen-bond donors (Lipinski definition) is 3. The average molecular weight is 584 g/mol. The number of nitrogens with one attached hydrogen (secondary N) is 1. The molecule has 1 heterocycles. The Kier molecular flexibility index (Phi) is 9.71. The summed E-state index contributed by atoms with van der Waals surface area (Å²) in [6, 6.07) is 18.9. The van der Waals surface area contributed by atoms with Crippen LogP contribution in [0.25, 0.3) is 0 Å². The normalized spacial score (nSPS) is 14.2. The third-order valence-electron chi connectivity index (χ3n) is 5.79. The second kappa shape index (κ2) is 12.8. The topological polar surface area (TPSA) is 127 Å². The van der Waals surface area contributed by atoms with E-state index < -0.39 is 28.1 Å². The SMILES string of the molecule is O=C(O)C(F)(F)F.O=C(O)c1ccc(N2CCN(Cc3cccc(F)c3)CC2)c(NS(=O)(=O)c2ccccc2)c1. The molecule has 40 heavy (non-hydrogen) atoms. The first-order valence-corrected chi connectivity index (χ1v) is 13.2. The van der Waals surface area contributed by atoms with E-state index in [1.54, 1.807) is 30.3 Å². The van der Waals surface area contributed by atoms with Crippen LogP contribution in [-0.4, -0.2) is 67.8 Å². The number of carboxylic acids is 2. The highest BCUT2D eigenvalue weighted by atomic mass is 32.2. The van der Waals surface area contributed by atoms with Gasteiger partial charge < -0.3 is 15.1 Å². The third-order valence-corrected chi connectivity index (χ3v) is 7.17. The van der Waals surface area contributed by atoms with Gasteiger partial charge in [0.25, 0.3) is 10.0 Å². The number of sulfonamides is 1. The summed E-state index contributed by atoms with van der Waals surface area (Å²) in [5, 5.41) is 16.5. The molecular weight excluding hydrogens is 558 g/mol. The van der Waals surface area contributed by atoms with Crippen molar-refractivity contribution in [3.63, 3.8) is 0 Å². The van der Waals surface area contributed by atoms with E-state index in [1.165, 1.54) is 36.4 Å². The van der Waals surface area contributed by atoms with Gasteiger partial charge in [-0.2, -0.15) is 13.2 Å². The molecule has 3 N–H and O–H groups in total. The lowest BCUT2D eigenvalue weighted by molar-refractivity contribution is -0.192. The molecule has 14 heteroatoms. The van der Waals surface area contributed by atoms with Gasteiger partial charge in [0.15, 0.2) is 0 Å². The standard InChI is InChI=1S/C24H24FN3O4S.C2HF3O2/c25-20-6-4-5-18(15-20)17-27-11-13-28(14-12-27)23-10-9-19(24(29)30)16-22(23)26-33(31,32)21-7-2-1-3-8-21;3-2(4,5)1(6)7/h1-10,15-16,26H,11-14,17H2,(H,29,30);(H,6,7). The number of carbonyl (C=O) groups is 2. The lowest BCUT2D eigenvalue weighted by Crippen LogP contribution is -2.46. The number of anilines is 2. The van der Waals surface area contributed by atoms with Crippen molar-refractivity contribution in [2.45, 2.75) is 17.6 Å². The molecule has 0 bridgehead atoms. The Morgan fingerprint density at radius 1 is 0.875 bits per heavy atom. The van der Waals surface area contributed by atoms with E-state index in [2.05, 4.69) is 9.62 Å². The fourth-order valence-corrected chi connectivity index (χ4v) is 4.96. The van der Waals surface area contributed by atoms with Gasteiger partial charge in [-0.1, -0.05) is 30.3 Å². The second-order valence-electron chi connectivity index (χ2n) is 8.65. The maximum atomic E-state index is 13.5. The minimum absolute atomic E-state index is 0.00532. The number of rotatable bonds is 7. The predicted molar refractivity (Wildman–Crippen MR) is 138 cm³/mol. The van der Waals surface area contributed by atoms with Crippen LogP contribution in [0.2, 0.25) is 0 Å². The van der Waals surface area contributed by atoms with Crippen LogP contribution in [0.15, 0.2) is 77.7 Å². The van der Waals surface area contributed by atoms with Crippen LogP contribution in [0, 0.1) is 5.82 Å². The van der Waals surface area contributed by atoms with E-state index in [0.717, 1.165) is 5.56 Å². The molecule has 4 rings (SSSR count). The van der Waals surface area contributed by atoms with Gasteiger partial charge in [-0.15, -0.1) is 0 Å². The van der Waals surface area contributed by atoms with E-state index in [1.807, 2.05) is 11.0 Å². The molecule has 1 aliphatic heterocycles.